The number of rotatable bonds is 4. The molecule has 0 N–H and O–H groups in total. The Bertz CT molecular complexity index is 573. The Balaban J connectivity index is 2.20. The van der Waals surface area contributed by atoms with Gasteiger partial charge in [-0.2, -0.15) is 0 Å². The van der Waals surface area contributed by atoms with E-state index in [2.05, 4.69) is 0 Å². The molecule has 0 aliphatic rings. The number of hydrogen-bond acceptors (Lipinski definition) is 1. The van der Waals surface area contributed by atoms with Crippen LogP contribution in [0.1, 0.15) is 25.0 Å². The van der Waals surface area contributed by atoms with Crippen molar-refractivity contribution in [3.8, 4) is 0 Å². The van der Waals surface area contributed by atoms with E-state index in [1.54, 1.807) is 12.1 Å². The van der Waals surface area contributed by atoms with Gasteiger partial charge in [0.1, 0.15) is 11.6 Å². The lowest BCUT2D eigenvalue weighted by Gasteiger charge is -2.23. The summed E-state index contributed by atoms with van der Waals surface area (Å²) in [5.41, 5.74) is 1.14. The normalized spacial score (nSPS) is 11.3. The third-order valence-corrected chi connectivity index (χ3v) is 3.45. The molecule has 0 bridgehead atoms. The van der Waals surface area contributed by atoms with Gasteiger partial charge < -0.3 is 0 Å². The van der Waals surface area contributed by atoms with Crippen LogP contribution in [-0.4, -0.2) is 5.78 Å². The summed E-state index contributed by atoms with van der Waals surface area (Å²) in [4.78, 5) is 12.4. The van der Waals surface area contributed by atoms with Gasteiger partial charge in [-0.3, -0.25) is 4.79 Å². The van der Waals surface area contributed by atoms with Gasteiger partial charge in [0, 0.05) is 11.8 Å². The van der Waals surface area contributed by atoms with Crippen molar-refractivity contribution in [2.24, 2.45) is 0 Å². The van der Waals surface area contributed by atoms with Crippen molar-refractivity contribution in [1.82, 2.24) is 0 Å². The average molecular weight is 256 g/mol. The van der Waals surface area contributed by atoms with Crippen LogP contribution in [0.15, 0.2) is 54.6 Å². The Hall–Kier alpha value is -1.96. The number of carbonyl (C=O) groups excluding carboxylic acids is 1. The molecule has 0 aliphatic carbocycles. The highest BCUT2D eigenvalue weighted by molar-refractivity contribution is 5.91. The fraction of sp³-hybridized carbons (Fsp3) is 0.235. The Labute approximate surface area is 113 Å². The Morgan fingerprint density at radius 2 is 1.74 bits per heavy atom. The van der Waals surface area contributed by atoms with Gasteiger partial charge >= 0.3 is 0 Å². The molecule has 0 aliphatic heterocycles. The largest absolute Gasteiger partial charge is 0.298 e. The topological polar surface area (TPSA) is 17.1 Å². The highest BCUT2D eigenvalue weighted by Gasteiger charge is 2.29. The molecule has 0 heterocycles. The van der Waals surface area contributed by atoms with Crippen molar-refractivity contribution in [1.29, 1.82) is 0 Å². The average Bonchev–Trinajstić information content (AvgIpc) is 2.39. The molecule has 0 saturated carbocycles. The monoisotopic (exact) mass is 256 g/mol. The SMILES string of the molecule is CC(C)(C(=O)Cc1cccc(F)c1)c1ccccc1. The van der Waals surface area contributed by atoms with Crippen molar-refractivity contribution in [2.45, 2.75) is 25.7 Å². The molecular weight excluding hydrogens is 239 g/mol. The highest BCUT2D eigenvalue weighted by atomic mass is 19.1. The molecule has 0 amide bonds. The van der Waals surface area contributed by atoms with Gasteiger partial charge in [0.15, 0.2) is 0 Å². The molecule has 98 valence electrons. The van der Waals surface area contributed by atoms with Crippen LogP contribution in [0.2, 0.25) is 0 Å². The molecular formula is C17H17FO. The fourth-order valence-electron chi connectivity index (χ4n) is 2.07. The smallest absolute Gasteiger partial charge is 0.147 e. The van der Waals surface area contributed by atoms with Crippen LogP contribution in [0.25, 0.3) is 0 Å². The molecule has 1 nitrogen and oxygen atoms in total. The third kappa shape index (κ3) is 3.08. The zero-order chi connectivity index (χ0) is 13.9. The van der Waals surface area contributed by atoms with E-state index in [1.807, 2.05) is 44.2 Å². The van der Waals surface area contributed by atoms with Gasteiger partial charge in [-0.15, -0.1) is 0 Å². The van der Waals surface area contributed by atoms with Gasteiger partial charge in [-0.25, -0.2) is 4.39 Å². The minimum atomic E-state index is -0.562. The minimum absolute atomic E-state index is 0.0873. The quantitative estimate of drug-likeness (QED) is 0.810. The van der Waals surface area contributed by atoms with E-state index in [4.69, 9.17) is 0 Å². The van der Waals surface area contributed by atoms with Gasteiger partial charge in [0.05, 0.1) is 0 Å². The maximum atomic E-state index is 13.1. The molecule has 0 radical (unpaired) electrons. The molecule has 0 saturated heterocycles. The van der Waals surface area contributed by atoms with E-state index in [-0.39, 0.29) is 18.0 Å². The standard InChI is InChI=1S/C17H17FO/c1-17(2,14-8-4-3-5-9-14)16(19)12-13-7-6-10-15(18)11-13/h3-11H,12H2,1-2H3. The van der Waals surface area contributed by atoms with Crippen LogP contribution in [0.3, 0.4) is 0 Å². The summed E-state index contributed by atoms with van der Waals surface area (Å²) in [5.74, 6) is -0.216. The number of halogens is 1. The van der Waals surface area contributed by atoms with E-state index in [1.165, 1.54) is 12.1 Å². The number of benzene rings is 2. The van der Waals surface area contributed by atoms with Gasteiger partial charge in [0.25, 0.3) is 0 Å². The van der Waals surface area contributed by atoms with E-state index in [0.29, 0.717) is 5.56 Å². The molecule has 2 aromatic rings. The summed E-state index contributed by atoms with van der Waals surface area (Å²) >= 11 is 0. The van der Waals surface area contributed by atoms with Crippen LogP contribution in [-0.2, 0) is 16.6 Å². The van der Waals surface area contributed by atoms with Gasteiger partial charge in [-0.05, 0) is 37.1 Å². The second-order valence-corrected chi connectivity index (χ2v) is 5.22. The molecule has 0 unspecified atom stereocenters. The molecule has 2 heteroatoms. The van der Waals surface area contributed by atoms with E-state index in [0.717, 1.165) is 5.56 Å². The summed E-state index contributed by atoms with van der Waals surface area (Å²) in [7, 11) is 0. The van der Waals surface area contributed by atoms with E-state index in [9.17, 15) is 9.18 Å². The van der Waals surface area contributed by atoms with Gasteiger partial charge in [-0.1, -0.05) is 42.5 Å². The first-order valence-electron chi connectivity index (χ1n) is 6.33. The van der Waals surface area contributed by atoms with Crippen LogP contribution in [0.4, 0.5) is 4.39 Å². The maximum absolute atomic E-state index is 13.1. The zero-order valence-electron chi connectivity index (χ0n) is 11.2. The summed E-state index contributed by atoms with van der Waals surface area (Å²) < 4.78 is 13.1. The first-order chi connectivity index (χ1) is 9.00. The first kappa shape index (κ1) is 13.5. The lowest BCUT2D eigenvalue weighted by atomic mass is 9.78. The molecule has 2 rings (SSSR count). The number of ketones is 1. The summed E-state index contributed by atoms with van der Waals surface area (Å²) in [5, 5.41) is 0. The van der Waals surface area contributed by atoms with Crippen molar-refractivity contribution in [3.05, 3.63) is 71.5 Å². The van der Waals surface area contributed by atoms with Gasteiger partial charge in [0.2, 0.25) is 0 Å². The summed E-state index contributed by atoms with van der Waals surface area (Å²) in [6.07, 6.45) is 0.250. The van der Waals surface area contributed by atoms with Crippen molar-refractivity contribution < 1.29 is 9.18 Å². The number of hydrogen-bond donors (Lipinski definition) is 0. The maximum Gasteiger partial charge on any atom is 0.147 e. The molecule has 0 atom stereocenters. The zero-order valence-corrected chi connectivity index (χ0v) is 11.2. The Morgan fingerprint density at radius 3 is 2.37 bits per heavy atom. The summed E-state index contributed by atoms with van der Waals surface area (Å²) in [6.45, 7) is 3.81. The van der Waals surface area contributed by atoms with Crippen LogP contribution >= 0.6 is 0 Å². The van der Waals surface area contributed by atoms with E-state index >= 15 is 0 Å². The van der Waals surface area contributed by atoms with Crippen molar-refractivity contribution >= 4 is 5.78 Å². The van der Waals surface area contributed by atoms with Crippen LogP contribution in [0.5, 0.6) is 0 Å². The van der Waals surface area contributed by atoms with E-state index < -0.39 is 5.41 Å². The van der Waals surface area contributed by atoms with Crippen molar-refractivity contribution in [3.63, 3.8) is 0 Å². The van der Waals surface area contributed by atoms with Crippen LogP contribution < -0.4 is 0 Å². The lowest BCUT2D eigenvalue weighted by molar-refractivity contribution is -0.122. The summed E-state index contributed by atoms with van der Waals surface area (Å²) in [6, 6.07) is 15.9. The molecule has 19 heavy (non-hydrogen) atoms. The predicted molar refractivity (Wildman–Crippen MR) is 74.6 cm³/mol. The second kappa shape index (κ2) is 5.35. The van der Waals surface area contributed by atoms with Crippen molar-refractivity contribution in [2.75, 3.05) is 0 Å². The third-order valence-electron chi connectivity index (χ3n) is 3.45. The fourth-order valence-corrected chi connectivity index (χ4v) is 2.07. The molecule has 0 fully saturated rings. The second-order valence-electron chi connectivity index (χ2n) is 5.22. The minimum Gasteiger partial charge on any atom is -0.298 e. The Kier molecular flexibility index (Phi) is 3.79. The van der Waals surface area contributed by atoms with Crippen LogP contribution in [0, 0.1) is 5.82 Å². The number of Topliss-reactive ketones (excluding diaryl/α,β-unsaturated/α-hetero) is 1. The molecule has 2 aromatic carbocycles. The lowest BCUT2D eigenvalue weighted by Crippen LogP contribution is -2.30. The molecule has 0 aromatic heterocycles. The predicted octanol–water partition coefficient (Wildman–Crippen LogP) is 3.92. The molecule has 0 spiro atoms. The number of carbonyl (C=O) groups is 1. The highest BCUT2D eigenvalue weighted by Crippen LogP contribution is 2.25. The Morgan fingerprint density at radius 1 is 1.05 bits per heavy atom. The first-order valence-corrected chi connectivity index (χ1v) is 6.33.